The number of hydrogen-bond donors (Lipinski definition) is 1. The molecule has 1 unspecified atom stereocenters. The molecular formula is C21H18ClN3O4. The van der Waals surface area contributed by atoms with Crippen LogP contribution in [-0.4, -0.2) is 34.2 Å². The first kappa shape index (κ1) is 19.0. The Hall–Kier alpha value is -3.32. The van der Waals surface area contributed by atoms with Crippen molar-refractivity contribution in [1.29, 1.82) is 0 Å². The zero-order chi connectivity index (χ0) is 20.4. The molecule has 2 aromatic heterocycles. The average Bonchev–Trinajstić information content (AvgIpc) is 3.46. The first-order valence-electron chi connectivity index (χ1n) is 9.02. The number of nitrogens with zero attached hydrogens (tertiary/aromatic N) is 2. The Labute approximate surface area is 171 Å². The smallest absolute Gasteiger partial charge is 0.355 e. The number of hydrogen-bond acceptors (Lipinski definition) is 5. The number of carbonyl (C=O) groups excluding carboxylic acids is 2. The number of H-pyrrole nitrogens is 1. The van der Waals surface area contributed by atoms with Crippen molar-refractivity contribution in [2.75, 3.05) is 6.61 Å². The van der Waals surface area contributed by atoms with Gasteiger partial charge in [0.1, 0.15) is 17.5 Å². The van der Waals surface area contributed by atoms with Gasteiger partial charge in [-0.3, -0.25) is 4.79 Å². The van der Waals surface area contributed by atoms with E-state index >= 15 is 0 Å². The van der Waals surface area contributed by atoms with E-state index in [-0.39, 0.29) is 5.69 Å². The second-order valence-corrected chi connectivity index (χ2v) is 7.13. The van der Waals surface area contributed by atoms with Crippen LogP contribution in [0.3, 0.4) is 0 Å². The molecule has 148 valence electrons. The molecule has 0 bridgehead atoms. The molecule has 3 heterocycles. The molecule has 0 saturated heterocycles. The zero-order valence-electron chi connectivity index (χ0n) is 15.6. The Morgan fingerprint density at radius 2 is 2.10 bits per heavy atom. The third-order valence-corrected chi connectivity index (χ3v) is 4.83. The number of aromatic amines is 1. The molecule has 1 aliphatic rings. The molecule has 0 fully saturated rings. The largest absolute Gasteiger partial charge is 0.467 e. The van der Waals surface area contributed by atoms with Crippen molar-refractivity contribution in [3.63, 3.8) is 0 Å². The second kappa shape index (κ2) is 7.97. The predicted octanol–water partition coefficient (Wildman–Crippen LogP) is 4.10. The Kier molecular flexibility index (Phi) is 5.22. The summed E-state index contributed by atoms with van der Waals surface area (Å²) in [5, 5.41) is 6.21. The van der Waals surface area contributed by atoms with Gasteiger partial charge in [0.2, 0.25) is 0 Å². The fourth-order valence-electron chi connectivity index (χ4n) is 3.12. The molecular weight excluding hydrogens is 394 g/mol. The van der Waals surface area contributed by atoms with Gasteiger partial charge in [-0.15, -0.1) is 0 Å². The lowest BCUT2D eigenvalue weighted by atomic mass is 10.0. The highest BCUT2D eigenvalue weighted by atomic mass is 35.5. The summed E-state index contributed by atoms with van der Waals surface area (Å²) in [5.41, 5.74) is 3.01. The standard InChI is InChI=1S/C21H18ClN3O4/c1-13-4-6-14(7-5-13)16-10-18(19-3-2-8-28-19)25(24-16)20(26)12-29-21(27)17-9-15(22)11-23-17/h2-9,11,18,23H,10,12H2,1H3. The summed E-state index contributed by atoms with van der Waals surface area (Å²) in [6.07, 6.45) is 3.52. The Morgan fingerprint density at radius 1 is 1.31 bits per heavy atom. The normalized spacial score (nSPS) is 16.0. The number of furan rings is 1. The fraction of sp³-hybridized carbons (Fsp3) is 0.190. The quantitative estimate of drug-likeness (QED) is 0.640. The van der Waals surface area contributed by atoms with Gasteiger partial charge in [-0.05, 0) is 30.7 Å². The molecule has 7 nitrogen and oxygen atoms in total. The van der Waals surface area contributed by atoms with Crippen LogP contribution in [0.15, 0.2) is 64.4 Å². The predicted molar refractivity (Wildman–Crippen MR) is 107 cm³/mol. The molecule has 1 amide bonds. The van der Waals surface area contributed by atoms with Gasteiger partial charge >= 0.3 is 5.97 Å². The summed E-state index contributed by atoms with van der Waals surface area (Å²) in [6, 6.07) is 12.5. The minimum atomic E-state index is -0.665. The number of ether oxygens (including phenoxy) is 1. The highest BCUT2D eigenvalue weighted by Crippen LogP contribution is 2.33. The number of rotatable bonds is 5. The van der Waals surface area contributed by atoms with Crippen LogP contribution in [-0.2, 0) is 9.53 Å². The number of nitrogens with one attached hydrogen (secondary N) is 1. The molecule has 0 aliphatic carbocycles. The first-order valence-corrected chi connectivity index (χ1v) is 9.40. The lowest BCUT2D eigenvalue weighted by Gasteiger charge is -2.19. The highest BCUT2D eigenvalue weighted by Gasteiger charge is 2.35. The van der Waals surface area contributed by atoms with Gasteiger partial charge < -0.3 is 14.1 Å². The summed E-state index contributed by atoms with van der Waals surface area (Å²) in [7, 11) is 0. The summed E-state index contributed by atoms with van der Waals surface area (Å²) in [5.74, 6) is -0.493. The van der Waals surface area contributed by atoms with Crippen LogP contribution < -0.4 is 0 Å². The zero-order valence-corrected chi connectivity index (χ0v) is 16.3. The third kappa shape index (κ3) is 4.09. The van der Waals surface area contributed by atoms with E-state index in [9.17, 15) is 9.59 Å². The van der Waals surface area contributed by atoms with Crippen LogP contribution in [0.25, 0.3) is 0 Å². The number of benzene rings is 1. The minimum absolute atomic E-state index is 0.177. The maximum Gasteiger partial charge on any atom is 0.355 e. The summed E-state index contributed by atoms with van der Waals surface area (Å²) < 4.78 is 10.6. The Bertz CT molecular complexity index is 1050. The monoisotopic (exact) mass is 411 g/mol. The van der Waals surface area contributed by atoms with Crippen LogP contribution in [0, 0.1) is 6.92 Å². The number of carbonyl (C=O) groups is 2. The molecule has 4 rings (SSSR count). The van der Waals surface area contributed by atoms with Crippen molar-refractivity contribution < 1.29 is 18.7 Å². The number of esters is 1. The molecule has 0 saturated carbocycles. The van der Waals surface area contributed by atoms with Gasteiger partial charge in [0, 0.05) is 12.6 Å². The van der Waals surface area contributed by atoms with Gasteiger partial charge in [0.05, 0.1) is 17.0 Å². The van der Waals surface area contributed by atoms with Gasteiger partial charge in [-0.1, -0.05) is 41.4 Å². The lowest BCUT2D eigenvalue weighted by molar-refractivity contribution is -0.136. The fourth-order valence-corrected chi connectivity index (χ4v) is 3.28. The molecule has 1 aliphatic heterocycles. The molecule has 0 spiro atoms. The van der Waals surface area contributed by atoms with E-state index < -0.39 is 24.5 Å². The van der Waals surface area contributed by atoms with E-state index in [4.69, 9.17) is 20.8 Å². The number of halogens is 1. The van der Waals surface area contributed by atoms with E-state index in [1.807, 2.05) is 31.2 Å². The molecule has 0 radical (unpaired) electrons. The van der Waals surface area contributed by atoms with Crippen LogP contribution in [0.4, 0.5) is 0 Å². The van der Waals surface area contributed by atoms with E-state index in [2.05, 4.69) is 10.1 Å². The van der Waals surface area contributed by atoms with E-state index in [0.717, 1.165) is 16.8 Å². The van der Waals surface area contributed by atoms with Crippen molar-refractivity contribution in [3.05, 3.63) is 82.5 Å². The Balaban J connectivity index is 1.52. The van der Waals surface area contributed by atoms with Crippen molar-refractivity contribution >= 4 is 29.2 Å². The van der Waals surface area contributed by atoms with Crippen molar-refractivity contribution in [2.45, 2.75) is 19.4 Å². The van der Waals surface area contributed by atoms with E-state index in [0.29, 0.717) is 17.2 Å². The van der Waals surface area contributed by atoms with Gasteiger partial charge in [0.25, 0.3) is 5.91 Å². The summed E-state index contributed by atoms with van der Waals surface area (Å²) in [4.78, 5) is 27.5. The topological polar surface area (TPSA) is 87.9 Å². The SMILES string of the molecule is Cc1ccc(C2=NN(C(=O)COC(=O)c3cc(Cl)c[nH]3)C(c3ccco3)C2)cc1. The maximum absolute atomic E-state index is 12.8. The molecule has 8 heteroatoms. The molecule has 29 heavy (non-hydrogen) atoms. The van der Waals surface area contributed by atoms with Gasteiger partial charge in [-0.25, -0.2) is 9.80 Å². The van der Waals surface area contributed by atoms with Crippen molar-refractivity contribution in [2.24, 2.45) is 5.10 Å². The Morgan fingerprint density at radius 3 is 2.76 bits per heavy atom. The average molecular weight is 412 g/mol. The van der Waals surface area contributed by atoms with Gasteiger partial charge in [-0.2, -0.15) is 5.10 Å². The molecule has 1 N–H and O–H groups in total. The minimum Gasteiger partial charge on any atom is -0.467 e. The van der Waals surface area contributed by atoms with Crippen LogP contribution in [0.5, 0.6) is 0 Å². The van der Waals surface area contributed by atoms with Gasteiger partial charge in [0.15, 0.2) is 6.61 Å². The van der Waals surface area contributed by atoms with Crippen molar-refractivity contribution in [3.8, 4) is 0 Å². The number of hydrazone groups is 1. The van der Waals surface area contributed by atoms with E-state index in [1.54, 1.807) is 18.4 Å². The van der Waals surface area contributed by atoms with Crippen LogP contribution in [0.1, 0.15) is 39.8 Å². The highest BCUT2D eigenvalue weighted by molar-refractivity contribution is 6.30. The summed E-state index contributed by atoms with van der Waals surface area (Å²) >= 11 is 5.79. The second-order valence-electron chi connectivity index (χ2n) is 6.69. The third-order valence-electron chi connectivity index (χ3n) is 4.62. The molecule has 1 atom stereocenters. The van der Waals surface area contributed by atoms with E-state index in [1.165, 1.54) is 17.3 Å². The summed E-state index contributed by atoms with van der Waals surface area (Å²) in [6.45, 7) is 1.56. The maximum atomic E-state index is 12.8. The van der Waals surface area contributed by atoms with Crippen LogP contribution >= 0.6 is 11.6 Å². The number of amides is 1. The molecule has 3 aromatic rings. The first-order chi connectivity index (χ1) is 14.0. The lowest BCUT2D eigenvalue weighted by Crippen LogP contribution is -2.31. The molecule has 1 aromatic carbocycles. The number of aryl methyl sites for hydroxylation is 1. The number of aromatic nitrogens is 1. The van der Waals surface area contributed by atoms with Crippen molar-refractivity contribution in [1.82, 2.24) is 9.99 Å². The van der Waals surface area contributed by atoms with Crippen LogP contribution in [0.2, 0.25) is 5.02 Å².